The fourth-order valence-electron chi connectivity index (χ4n) is 1.33. The molecule has 4 nitrogen and oxygen atoms in total. The molecule has 1 heterocycles. The quantitative estimate of drug-likeness (QED) is 0.805. The second kappa shape index (κ2) is 4.41. The van der Waals surface area contributed by atoms with Crippen molar-refractivity contribution >= 4 is 22.4 Å². The van der Waals surface area contributed by atoms with E-state index in [1.807, 2.05) is 20.9 Å². The third-order valence-corrected chi connectivity index (χ3v) is 3.38. The number of anilines is 1. The van der Waals surface area contributed by atoms with E-state index < -0.39 is 5.97 Å². The molecular weight excluding hydrogens is 200 g/mol. The lowest BCUT2D eigenvalue weighted by molar-refractivity contribution is -0.137. The molecule has 0 radical (unpaired) electrons. The lowest BCUT2D eigenvalue weighted by atomic mass is 10.1. The Morgan fingerprint density at radius 1 is 1.71 bits per heavy atom. The summed E-state index contributed by atoms with van der Waals surface area (Å²) in [7, 11) is 1.81. The summed E-state index contributed by atoms with van der Waals surface area (Å²) in [4.78, 5) is 15.9. The highest BCUT2D eigenvalue weighted by molar-refractivity contribution is 7.15. The average molecular weight is 214 g/mol. The molecule has 0 saturated heterocycles. The van der Waals surface area contributed by atoms with Gasteiger partial charge in [0.25, 0.3) is 0 Å². The fraction of sp³-hybridized carbons (Fsp3) is 0.556. The molecule has 2 N–H and O–H groups in total. The van der Waals surface area contributed by atoms with Gasteiger partial charge in [0.05, 0.1) is 12.1 Å². The van der Waals surface area contributed by atoms with Crippen LogP contribution in [0.15, 0.2) is 0 Å². The van der Waals surface area contributed by atoms with Crippen LogP contribution in [0.3, 0.4) is 0 Å². The van der Waals surface area contributed by atoms with E-state index in [2.05, 4.69) is 10.3 Å². The Hall–Kier alpha value is -1.10. The number of hydrogen-bond donors (Lipinski definition) is 2. The Bertz CT molecular complexity index is 336. The number of carboxylic acid groups (broad SMARTS) is 1. The summed E-state index contributed by atoms with van der Waals surface area (Å²) in [5.74, 6) is -0.733. The van der Waals surface area contributed by atoms with E-state index >= 15 is 0 Å². The minimum Gasteiger partial charge on any atom is -0.481 e. The van der Waals surface area contributed by atoms with Gasteiger partial charge in [0.2, 0.25) is 0 Å². The van der Waals surface area contributed by atoms with E-state index in [0.717, 1.165) is 15.7 Å². The molecule has 0 fully saturated rings. The number of thiazole rings is 1. The van der Waals surface area contributed by atoms with E-state index in [0.29, 0.717) is 0 Å². The Balaban J connectivity index is 2.83. The first-order valence-corrected chi connectivity index (χ1v) is 5.23. The van der Waals surface area contributed by atoms with Crippen molar-refractivity contribution in [3.05, 3.63) is 10.6 Å². The first-order valence-electron chi connectivity index (χ1n) is 4.41. The van der Waals surface area contributed by atoms with Gasteiger partial charge in [-0.1, -0.05) is 6.92 Å². The summed E-state index contributed by atoms with van der Waals surface area (Å²) in [6.07, 6.45) is 0.159. The number of carbonyl (C=O) groups is 1. The van der Waals surface area contributed by atoms with Gasteiger partial charge in [-0.05, 0) is 6.92 Å². The molecule has 1 rings (SSSR count). The molecule has 0 aromatic carbocycles. The molecular formula is C9H14N2O2S. The van der Waals surface area contributed by atoms with Crippen LogP contribution in [0, 0.1) is 6.92 Å². The number of aromatic nitrogens is 1. The summed E-state index contributed by atoms with van der Waals surface area (Å²) in [6, 6.07) is 0. The number of aliphatic carboxylic acids is 1. The van der Waals surface area contributed by atoms with Gasteiger partial charge in [0.15, 0.2) is 5.13 Å². The zero-order valence-electron chi connectivity index (χ0n) is 8.50. The normalized spacial score (nSPS) is 12.5. The maximum atomic E-state index is 10.5. The lowest BCUT2D eigenvalue weighted by Crippen LogP contribution is -2.02. The molecule has 0 bridgehead atoms. The minimum absolute atomic E-state index is 0.0344. The van der Waals surface area contributed by atoms with Gasteiger partial charge in [-0.15, -0.1) is 11.3 Å². The SMILES string of the molecule is CNc1nc(C)c(C(C)CC(=O)O)s1. The average Bonchev–Trinajstić information content (AvgIpc) is 2.45. The highest BCUT2D eigenvalue weighted by Gasteiger charge is 2.16. The van der Waals surface area contributed by atoms with Crippen LogP contribution < -0.4 is 5.32 Å². The Morgan fingerprint density at radius 3 is 2.79 bits per heavy atom. The van der Waals surface area contributed by atoms with Crippen molar-refractivity contribution in [3.63, 3.8) is 0 Å². The van der Waals surface area contributed by atoms with Gasteiger partial charge in [0, 0.05) is 17.8 Å². The summed E-state index contributed by atoms with van der Waals surface area (Å²) >= 11 is 1.52. The monoisotopic (exact) mass is 214 g/mol. The van der Waals surface area contributed by atoms with Crippen LogP contribution in [0.5, 0.6) is 0 Å². The third-order valence-electron chi connectivity index (χ3n) is 1.97. The molecule has 1 aromatic rings. The van der Waals surface area contributed by atoms with Crippen molar-refractivity contribution < 1.29 is 9.90 Å². The first-order chi connectivity index (χ1) is 6.54. The van der Waals surface area contributed by atoms with Crippen LogP contribution in [0.2, 0.25) is 0 Å². The van der Waals surface area contributed by atoms with Crippen molar-refractivity contribution in [2.45, 2.75) is 26.2 Å². The number of hydrogen-bond acceptors (Lipinski definition) is 4. The van der Waals surface area contributed by atoms with E-state index in [1.54, 1.807) is 0 Å². The highest BCUT2D eigenvalue weighted by Crippen LogP contribution is 2.30. The number of rotatable bonds is 4. The fourth-order valence-corrected chi connectivity index (χ4v) is 2.30. The number of nitrogens with one attached hydrogen (secondary N) is 1. The molecule has 1 aromatic heterocycles. The number of nitrogens with zero attached hydrogens (tertiary/aromatic N) is 1. The van der Waals surface area contributed by atoms with Gasteiger partial charge in [-0.3, -0.25) is 4.79 Å². The smallest absolute Gasteiger partial charge is 0.303 e. The zero-order chi connectivity index (χ0) is 10.7. The molecule has 0 aliphatic rings. The topological polar surface area (TPSA) is 62.2 Å². The van der Waals surface area contributed by atoms with E-state index in [9.17, 15) is 4.79 Å². The van der Waals surface area contributed by atoms with Gasteiger partial charge in [-0.25, -0.2) is 4.98 Å². The molecule has 5 heteroatoms. The minimum atomic E-state index is -0.767. The molecule has 0 aliphatic heterocycles. The molecule has 1 unspecified atom stereocenters. The van der Waals surface area contributed by atoms with E-state index in [-0.39, 0.29) is 12.3 Å². The molecule has 0 spiro atoms. The standard InChI is InChI=1S/C9H14N2O2S/c1-5(4-7(12)13)8-6(2)11-9(10-3)14-8/h5H,4H2,1-3H3,(H,10,11)(H,12,13). The van der Waals surface area contributed by atoms with Crippen molar-refractivity contribution in [1.29, 1.82) is 0 Å². The first kappa shape index (κ1) is 11.0. The van der Waals surface area contributed by atoms with Crippen molar-refractivity contribution in [2.75, 3.05) is 12.4 Å². The van der Waals surface area contributed by atoms with Crippen LogP contribution in [0.25, 0.3) is 0 Å². The molecule has 0 aliphatic carbocycles. The Kier molecular flexibility index (Phi) is 3.46. The van der Waals surface area contributed by atoms with Crippen LogP contribution in [0.1, 0.15) is 29.8 Å². The number of aryl methyl sites for hydroxylation is 1. The number of carboxylic acids is 1. The van der Waals surface area contributed by atoms with Crippen LogP contribution in [-0.2, 0) is 4.79 Å². The second-order valence-corrected chi connectivity index (χ2v) is 4.25. The second-order valence-electron chi connectivity index (χ2n) is 3.22. The Labute approximate surface area is 87.0 Å². The van der Waals surface area contributed by atoms with Crippen molar-refractivity contribution in [2.24, 2.45) is 0 Å². The molecule has 0 saturated carbocycles. The van der Waals surface area contributed by atoms with Gasteiger partial charge < -0.3 is 10.4 Å². The Morgan fingerprint density at radius 2 is 2.36 bits per heavy atom. The van der Waals surface area contributed by atoms with Crippen molar-refractivity contribution in [3.8, 4) is 0 Å². The summed E-state index contributed by atoms with van der Waals surface area (Å²) in [5, 5.41) is 12.5. The van der Waals surface area contributed by atoms with Crippen LogP contribution in [-0.4, -0.2) is 23.1 Å². The zero-order valence-corrected chi connectivity index (χ0v) is 9.31. The highest BCUT2D eigenvalue weighted by atomic mass is 32.1. The van der Waals surface area contributed by atoms with Crippen LogP contribution >= 0.6 is 11.3 Å². The predicted octanol–water partition coefficient (Wildman–Crippen LogP) is 2.07. The molecule has 14 heavy (non-hydrogen) atoms. The largest absolute Gasteiger partial charge is 0.481 e. The maximum absolute atomic E-state index is 10.5. The maximum Gasteiger partial charge on any atom is 0.303 e. The van der Waals surface area contributed by atoms with Gasteiger partial charge >= 0.3 is 5.97 Å². The van der Waals surface area contributed by atoms with Crippen LogP contribution in [0.4, 0.5) is 5.13 Å². The molecule has 78 valence electrons. The van der Waals surface area contributed by atoms with Crippen molar-refractivity contribution in [1.82, 2.24) is 4.98 Å². The molecule has 1 atom stereocenters. The van der Waals surface area contributed by atoms with E-state index in [4.69, 9.17) is 5.11 Å². The summed E-state index contributed by atoms with van der Waals surface area (Å²) < 4.78 is 0. The van der Waals surface area contributed by atoms with Gasteiger partial charge in [-0.2, -0.15) is 0 Å². The predicted molar refractivity (Wildman–Crippen MR) is 57.1 cm³/mol. The third kappa shape index (κ3) is 2.45. The van der Waals surface area contributed by atoms with Gasteiger partial charge in [0.1, 0.15) is 0 Å². The summed E-state index contributed by atoms with van der Waals surface area (Å²) in [6.45, 7) is 3.82. The molecule has 0 amide bonds. The lowest BCUT2D eigenvalue weighted by Gasteiger charge is -2.05. The summed E-state index contributed by atoms with van der Waals surface area (Å²) in [5.41, 5.74) is 0.924. The van der Waals surface area contributed by atoms with E-state index in [1.165, 1.54) is 11.3 Å².